The number of imidazole rings is 1. The normalized spacial score (nSPS) is 11.5. The Labute approximate surface area is 253 Å². The van der Waals surface area contributed by atoms with Crippen LogP contribution in [0.1, 0.15) is 16.9 Å². The molecule has 1 aromatic heterocycles. The molecule has 0 saturated heterocycles. The Balaban J connectivity index is 1.49. The molecular weight excluding hydrogens is 558 g/mol. The summed E-state index contributed by atoms with van der Waals surface area (Å²) in [5.74, 6) is 0.0670. The third-order valence-electron chi connectivity index (χ3n) is 7.73. The van der Waals surface area contributed by atoms with Crippen molar-refractivity contribution in [3.05, 3.63) is 173 Å². The zero-order valence-electron chi connectivity index (χ0n) is 22.4. The predicted molar refractivity (Wildman–Crippen MR) is 176 cm³/mol. The van der Waals surface area contributed by atoms with Gasteiger partial charge in [-0.05, 0) is 56.8 Å². The second-order valence-electron chi connectivity index (χ2n) is 10.2. The lowest BCUT2D eigenvalue weighted by atomic mass is 9.58. The van der Waals surface area contributed by atoms with Gasteiger partial charge in [0.25, 0.3) is 0 Å². The summed E-state index contributed by atoms with van der Waals surface area (Å²) in [6.07, 6.45) is 4.78. The molecule has 2 nitrogen and oxygen atoms in total. The Morgan fingerprint density at radius 3 is 1.51 bits per heavy atom. The molecule has 0 bridgehead atoms. The molecule has 0 N–H and O–H groups in total. The molecule has 0 amide bonds. The van der Waals surface area contributed by atoms with Crippen LogP contribution in [-0.4, -0.2) is 24.9 Å². The summed E-state index contributed by atoms with van der Waals surface area (Å²) in [6.45, 7) is 0. The minimum atomic E-state index is -2.63. The van der Waals surface area contributed by atoms with E-state index in [2.05, 4.69) is 133 Å². The Morgan fingerprint density at radius 1 is 0.585 bits per heavy atom. The maximum atomic E-state index is 6.39. The van der Waals surface area contributed by atoms with Crippen molar-refractivity contribution in [3.63, 3.8) is 0 Å². The molecule has 1 heterocycles. The molecule has 6 heteroatoms. The highest BCUT2D eigenvalue weighted by molar-refractivity contribution is 7.10. The lowest BCUT2D eigenvalue weighted by molar-refractivity contribution is 0.889. The van der Waals surface area contributed by atoms with E-state index in [9.17, 15) is 0 Å². The molecule has 0 aliphatic carbocycles. The molecule has 5 aromatic carbocycles. The summed E-state index contributed by atoms with van der Waals surface area (Å²) < 4.78 is 2.32. The van der Waals surface area contributed by atoms with E-state index in [1.165, 1.54) is 26.7 Å². The molecule has 0 fully saturated rings. The van der Waals surface area contributed by atoms with Crippen LogP contribution in [0.15, 0.2) is 152 Å². The van der Waals surface area contributed by atoms with Gasteiger partial charge in [0, 0.05) is 28.6 Å². The van der Waals surface area contributed by atoms with Crippen LogP contribution < -0.4 is 21.3 Å². The summed E-state index contributed by atoms with van der Waals surface area (Å²) in [4.78, 5) is 4.89. The maximum Gasteiger partial charge on any atom is 0.215 e. The van der Waals surface area contributed by atoms with Gasteiger partial charge in [0.2, 0.25) is 7.28 Å². The first-order valence-corrected chi connectivity index (χ1v) is 16.6. The van der Waals surface area contributed by atoms with E-state index in [-0.39, 0.29) is 5.82 Å². The van der Waals surface area contributed by atoms with Crippen LogP contribution in [0.25, 0.3) is 0 Å². The highest BCUT2D eigenvalue weighted by Crippen LogP contribution is 2.23. The van der Waals surface area contributed by atoms with Crippen LogP contribution in [0.5, 0.6) is 0 Å². The summed E-state index contributed by atoms with van der Waals surface area (Å²) in [5, 5.41) is 5.32. The average molecular weight is 586 g/mol. The van der Waals surface area contributed by atoms with Crippen LogP contribution in [0, 0.1) is 0 Å². The third-order valence-corrected chi connectivity index (χ3v) is 13.0. The Bertz CT molecular complexity index is 1610. The van der Waals surface area contributed by atoms with Gasteiger partial charge in [-0.1, -0.05) is 138 Å². The zero-order valence-corrected chi connectivity index (χ0v) is 25.0. The van der Waals surface area contributed by atoms with E-state index < -0.39 is 8.07 Å². The first kappa shape index (κ1) is 27.3. The van der Waals surface area contributed by atoms with Gasteiger partial charge in [-0.25, -0.2) is 0 Å². The molecule has 0 unspecified atom stereocenters. The van der Waals surface area contributed by atoms with E-state index in [0.29, 0.717) is 0 Å². The second kappa shape index (κ2) is 12.4. The third kappa shape index (κ3) is 5.82. The van der Waals surface area contributed by atoms with Crippen LogP contribution in [0.2, 0.25) is 10.0 Å². The van der Waals surface area contributed by atoms with Crippen LogP contribution in [0.3, 0.4) is 0 Å². The first-order valence-electron chi connectivity index (χ1n) is 13.7. The number of benzene rings is 5. The topological polar surface area (TPSA) is 17.8 Å². The lowest BCUT2D eigenvalue weighted by Crippen LogP contribution is -2.70. The molecule has 0 spiro atoms. The fourth-order valence-corrected chi connectivity index (χ4v) is 10.5. The molecule has 6 rings (SSSR count). The first-order chi connectivity index (χ1) is 20.1. The SMILES string of the molecule is Clc1ccc([Si](Cn2ccnc2[B]C(c2ccccc2)c2ccccc2)(c2ccccc2)c2ccc(Cl)cc2)cc1. The fraction of sp³-hybridized carbons (Fsp3) is 0.0571. The van der Waals surface area contributed by atoms with Crippen LogP contribution in [-0.2, 0) is 6.17 Å². The van der Waals surface area contributed by atoms with Crippen molar-refractivity contribution >= 4 is 59.8 Å². The van der Waals surface area contributed by atoms with Crippen molar-refractivity contribution in [2.24, 2.45) is 0 Å². The van der Waals surface area contributed by atoms with Crippen molar-refractivity contribution in [3.8, 4) is 0 Å². The summed E-state index contributed by atoms with van der Waals surface area (Å²) in [6, 6.07) is 48.9. The minimum Gasteiger partial charge on any atom is -0.345 e. The largest absolute Gasteiger partial charge is 0.345 e. The predicted octanol–water partition coefficient (Wildman–Crippen LogP) is 6.02. The number of hydrogen-bond acceptors (Lipinski definition) is 1. The zero-order chi connectivity index (χ0) is 28.1. The Kier molecular flexibility index (Phi) is 8.24. The number of halogens is 2. The van der Waals surface area contributed by atoms with Gasteiger partial charge in [-0.15, -0.1) is 0 Å². The highest BCUT2D eigenvalue weighted by Gasteiger charge is 2.40. The second-order valence-corrected chi connectivity index (χ2v) is 14.9. The fourth-order valence-electron chi connectivity index (χ4n) is 5.69. The van der Waals surface area contributed by atoms with E-state index >= 15 is 0 Å². The summed E-state index contributed by atoms with van der Waals surface area (Å²) in [7, 11) is -0.339. The molecule has 0 saturated carbocycles. The molecule has 0 aliphatic heterocycles. The number of hydrogen-bond donors (Lipinski definition) is 0. The van der Waals surface area contributed by atoms with Crippen LogP contribution in [0.4, 0.5) is 0 Å². The molecule has 41 heavy (non-hydrogen) atoms. The van der Waals surface area contributed by atoms with Gasteiger partial charge in [0.05, 0.1) is 5.72 Å². The van der Waals surface area contributed by atoms with Crippen molar-refractivity contribution in [2.45, 2.75) is 12.0 Å². The van der Waals surface area contributed by atoms with Gasteiger partial charge >= 0.3 is 0 Å². The summed E-state index contributed by atoms with van der Waals surface area (Å²) in [5.41, 5.74) is 3.41. The van der Waals surface area contributed by atoms with Crippen molar-refractivity contribution in [2.75, 3.05) is 0 Å². The minimum absolute atomic E-state index is 0.0670. The molecule has 6 aromatic rings. The van der Waals surface area contributed by atoms with Crippen molar-refractivity contribution in [1.82, 2.24) is 9.55 Å². The number of aromatic nitrogens is 2. The van der Waals surface area contributed by atoms with E-state index in [0.717, 1.165) is 21.9 Å². The quantitative estimate of drug-likeness (QED) is 0.150. The van der Waals surface area contributed by atoms with Crippen molar-refractivity contribution < 1.29 is 0 Å². The highest BCUT2D eigenvalue weighted by atomic mass is 35.5. The van der Waals surface area contributed by atoms with Gasteiger partial charge in [0.15, 0.2) is 8.07 Å². The molecule has 1 radical (unpaired) electrons. The molecule has 199 valence electrons. The van der Waals surface area contributed by atoms with Gasteiger partial charge in [-0.3, -0.25) is 4.98 Å². The van der Waals surface area contributed by atoms with Gasteiger partial charge in [-0.2, -0.15) is 0 Å². The summed E-state index contributed by atoms with van der Waals surface area (Å²) >= 11 is 12.8. The van der Waals surface area contributed by atoms with Gasteiger partial charge in [0.1, 0.15) is 0 Å². The lowest BCUT2D eigenvalue weighted by Gasteiger charge is -2.35. The average Bonchev–Trinajstić information content (AvgIpc) is 3.47. The van der Waals surface area contributed by atoms with E-state index in [4.69, 9.17) is 28.2 Å². The molecular formula is C35H28BCl2N2Si. The number of rotatable bonds is 9. The molecule has 0 aliphatic rings. The smallest absolute Gasteiger partial charge is 0.215 e. The molecule has 0 atom stereocenters. The Hall–Kier alpha value is -3.83. The Morgan fingerprint density at radius 2 is 1.02 bits per heavy atom. The van der Waals surface area contributed by atoms with E-state index in [1.54, 1.807) is 0 Å². The number of nitrogens with zero attached hydrogens (tertiary/aromatic N) is 2. The monoisotopic (exact) mass is 585 g/mol. The standard InChI is InChI=1S/C35H28BCl2N2Si/c37-29-16-20-32(21-17-29)41(31-14-8-3-9-15-31,33-22-18-30(38)19-23-33)26-40-25-24-39-35(40)36-34(27-10-4-1-5-11-27)28-12-6-2-7-13-28/h1-25,34H,26H2. The van der Waals surface area contributed by atoms with Gasteiger partial charge < -0.3 is 4.57 Å². The van der Waals surface area contributed by atoms with Crippen LogP contribution >= 0.6 is 23.2 Å². The van der Waals surface area contributed by atoms with Crippen molar-refractivity contribution in [1.29, 1.82) is 0 Å². The maximum absolute atomic E-state index is 6.39. The van der Waals surface area contributed by atoms with E-state index in [1.807, 2.05) is 30.5 Å².